The summed E-state index contributed by atoms with van der Waals surface area (Å²) in [5, 5.41) is 5.77. The number of urea groups is 1. The van der Waals surface area contributed by atoms with Crippen molar-refractivity contribution in [3.8, 4) is 11.6 Å². The maximum Gasteiger partial charge on any atom is 0.319 e. The molecular weight excluding hydrogens is 442 g/mol. The maximum atomic E-state index is 12.3. The van der Waals surface area contributed by atoms with Gasteiger partial charge in [-0.2, -0.15) is 4.37 Å². The van der Waals surface area contributed by atoms with E-state index in [1.807, 2.05) is 24.3 Å². The highest BCUT2D eigenvalue weighted by Gasteiger charge is 2.24. The molecule has 1 aromatic heterocycles. The average Bonchev–Trinajstić information content (AvgIpc) is 3.28. The van der Waals surface area contributed by atoms with E-state index < -0.39 is 11.9 Å². The van der Waals surface area contributed by atoms with Crippen molar-refractivity contribution in [1.82, 2.24) is 14.6 Å². The van der Waals surface area contributed by atoms with Gasteiger partial charge in [0.15, 0.2) is 0 Å². The molecule has 33 heavy (non-hydrogen) atoms. The number of benzene rings is 1. The fourth-order valence-electron chi connectivity index (χ4n) is 3.73. The summed E-state index contributed by atoms with van der Waals surface area (Å²) >= 11 is 0.969. The van der Waals surface area contributed by atoms with Crippen LogP contribution in [0.2, 0.25) is 0 Å². The quantitative estimate of drug-likeness (QED) is 0.407. The number of aromatic nitrogens is 1. The molecule has 0 atom stereocenters. The topological polar surface area (TPSA) is 119 Å². The van der Waals surface area contributed by atoms with E-state index in [1.54, 1.807) is 0 Å². The van der Waals surface area contributed by atoms with E-state index in [-0.39, 0.29) is 23.1 Å². The molecule has 1 aliphatic carbocycles. The van der Waals surface area contributed by atoms with Crippen molar-refractivity contribution < 1.29 is 19.1 Å². The molecule has 178 valence electrons. The van der Waals surface area contributed by atoms with Crippen LogP contribution in [0.4, 0.5) is 9.80 Å². The fraction of sp³-hybridized carbons (Fsp3) is 0.522. The Labute approximate surface area is 197 Å². The van der Waals surface area contributed by atoms with Crippen molar-refractivity contribution in [3.05, 3.63) is 35.4 Å². The number of ether oxygens (including phenoxy) is 2. The van der Waals surface area contributed by atoms with Crippen molar-refractivity contribution in [2.24, 2.45) is 5.73 Å². The van der Waals surface area contributed by atoms with Crippen LogP contribution >= 0.6 is 11.5 Å². The summed E-state index contributed by atoms with van der Waals surface area (Å²) in [6.07, 6.45) is 6.99. The smallest absolute Gasteiger partial charge is 0.319 e. The fourth-order valence-corrected chi connectivity index (χ4v) is 4.47. The second-order valence-corrected chi connectivity index (χ2v) is 9.22. The number of carbonyl (C=O) groups excluding carboxylic acids is 2. The molecule has 0 bridgehead atoms. The van der Waals surface area contributed by atoms with Gasteiger partial charge >= 0.3 is 6.03 Å². The summed E-state index contributed by atoms with van der Waals surface area (Å²) in [6, 6.07) is 7.23. The Hall–Kier alpha value is -2.85. The molecule has 10 heteroatoms. The van der Waals surface area contributed by atoms with Gasteiger partial charge in [-0.3, -0.25) is 10.1 Å². The van der Waals surface area contributed by atoms with Gasteiger partial charge in [0.2, 0.25) is 5.88 Å². The van der Waals surface area contributed by atoms with Gasteiger partial charge in [-0.25, -0.2) is 4.79 Å². The summed E-state index contributed by atoms with van der Waals surface area (Å²) in [7, 11) is 0. The third-order valence-electron chi connectivity index (χ3n) is 5.62. The highest BCUT2D eigenvalue weighted by Crippen LogP contribution is 2.31. The van der Waals surface area contributed by atoms with E-state index in [9.17, 15) is 9.59 Å². The van der Waals surface area contributed by atoms with E-state index in [1.165, 1.54) is 25.9 Å². The van der Waals surface area contributed by atoms with E-state index in [4.69, 9.17) is 15.2 Å². The van der Waals surface area contributed by atoms with Gasteiger partial charge in [-0.05, 0) is 87.4 Å². The van der Waals surface area contributed by atoms with Crippen LogP contribution in [0.5, 0.6) is 11.6 Å². The number of nitrogens with two attached hydrogens (primary N) is 1. The molecule has 3 amide bonds. The predicted octanol–water partition coefficient (Wildman–Crippen LogP) is 3.36. The van der Waals surface area contributed by atoms with Crippen LogP contribution in [0.25, 0.3) is 0 Å². The Kier molecular flexibility index (Phi) is 8.01. The number of nitrogens with one attached hydrogen (secondary N) is 2. The minimum atomic E-state index is -0.703. The minimum Gasteiger partial charge on any atom is -0.490 e. The van der Waals surface area contributed by atoms with E-state index >= 15 is 0 Å². The Bertz CT molecular complexity index is 956. The predicted molar refractivity (Wildman–Crippen MR) is 127 cm³/mol. The number of likely N-dealkylation sites (tertiary alicyclic amines) is 1. The van der Waals surface area contributed by atoms with Gasteiger partial charge in [0, 0.05) is 6.54 Å². The van der Waals surface area contributed by atoms with Crippen LogP contribution in [-0.4, -0.2) is 53.5 Å². The Morgan fingerprint density at radius 1 is 1.21 bits per heavy atom. The Balaban J connectivity index is 1.25. The Morgan fingerprint density at radius 3 is 2.79 bits per heavy atom. The largest absolute Gasteiger partial charge is 0.490 e. The van der Waals surface area contributed by atoms with Gasteiger partial charge in [-0.15, -0.1) is 0 Å². The highest BCUT2D eigenvalue weighted by atomic mass is 32.1. The van der Waals surface area contributed by atoms with Crippen LogP contribution in [0.15, 0.2) is 24.3 Å². The van der Waals surface area contributed by atoms with Crippen molar-refractivity contribution in [1.29, 1.82) is 0 Å². The van der Waals surface area contributed by atoms with Crippen LogP contribution in [0.1, 0.15) is 54.4 Å². The van der Waals surface area contributed by atoms with Gasteiger partial charge in [0.25, 0.3) is 5.91 Å². The molecule has 0 radical (unpaired) electrons. The minimum absolute atomic E-state index is 0.0783. The summed E-state index contributed by atoms with van der Waals surface area (Å²) in [4.78, 5) is 26.7. The molecule has 4 N–H and O–H groups in total. The molecule has 2 aliphatic rings. The van der Waals surface area contributed by atoms with Crippen molar-refractivity contribution in [3.63, 3.8) is 0 Å². The summed E-state index contributed by atoms with van der Waals surface area (Å²) < 4.78 is 15.7. The third-order valence-corrected chi connectivity index (χ3v) is 6.37. The number of carbonyl (C=O) groups is 2. The van der Waals surface area contributed by atoms with Crippen molar-refractivity contribution in [2.75, 3.05) is 31.5 Å². The second kappa shape index (κ2) is 11.3. The first kappa shape index (κ1) is 23.3. The molecule has 0 spiro atoms. The summed E-state index contributed by atoms with van der Waals surface area (Å²) in [5.74, 6) is 0.207. The molecule has 1 saturated heterocycles. The summed E-state index contributed by atoms with van der Waals surface area (Å²) in [5.41, 5.74) is 6.51. The first-order chi connectivity index (χ1) is 16.1. The first-order valence-electron chi connectivity index (χ1n) is 11.5. The van der Waals surface area contributed by atoms with Crippen LogP contribution < -0.4 is 25.8 Å². The molecule has 1 aliphatic heterocycles. The zero-order valence-electron chi connectivity index (χ0n) is 18.7. The normalized spacial score (nSPS) is 15.9. The van der Waals surface area contributed by atoms with Gasteiger partial charge < -0.3 is 25.4 Å². The average molecular weight is 474 g/mol. The number of amides is 3. The second-order valence-electron chi connectivity index (χ2n) is 8.45. The molecule has 1 aromatic carbocycles. The number of rotatable bonds is 12. The van der Waals surface area contributed by atoms with Crippen molar-refractivity contribution in [2.45, 2.75) is 51.2 Å². The third kappa shape index (κ3) is 7.06. The zero-order chi connectivity index (χ0) is 23.0. The molecular formula is C23H31N5O4S. The first-order valence-corrected chi connectivity index (χ1v) is 12.3. The lowest BCUT2D eigenvalue weighted by Gasteiger charge is -2.14. The Morgan fingerprint density at radius 2 is 2.03 bits per heavy atom. The number of hydrogen-bond donors (Lipinski definition) is 3. The lowest BCUT2D eigenvalue weighted by atomic mass is 10.2. The standard InChI is InChI=1S/C23H31N5O4S/c24-20(29)19-21(31-15-16-6-5-7-18(14-16)32-17-8-9-17)27-33-22(19)26-23(30)25-10-1-2-11-28-12-3-4-13-28/h5-7,14,17H,1-4,8-13,15H2,(H2,24,29)(H2,25,26,30). The summed E-state index contributed by atoms with van der Waals surface area (Å²) in [6.45, 7) is 4.19. The van der Waals surface area contributed by atoms with Crippen molar-refractivity contribution >= 4 is 28.5 Å². The number of hydrogen-bond acceptors (Lipinski definition) is 7. The van der Waals surface area contributed by atoms with E-state index in [0.29, 0.717) is 12.6 Å². The lowest BCUT2D eigenvalue weighted by Crippen LogP contribution is -2.30. The van der Waals surface area contributed by atoms with E-state index in [0.717, 1.165) is 55.1 Å². The SMILES string of the molecule is NC(=O)c1c(OCc2cccc(OC3CC3)c2)nsc1NC(=O)NCCCCN1CCCC1. The van der Waals surface area contributed by atoms with E-state index in [2.05, 4.69) is 19.9 Å². The molecule has 2 aromatic rings. The number of primary amides is 1. The number of unbranched alkanes of at least 4 members (excludes halogenated alkanes) is 1. The molecule has 2 fully saturated rings. The monoisotopic (exact) mass is 473 g/mol. The van der Waals surface area contributed by atoms with Crippen LogP contribution in [0.3, 0.4) is 0 Å². The zero-order valence-corrected chi connectivity index (χ0v) is 19.5. The lowest BCUT2D eigenvalue weighted by molar-refractivity contribution is 0.0996. The maximum absolute atomic E-state index is 12.3. The number of nitrogens with zero attached hydrogens (tertiary/aromatic N) is 2. The van der Waals surface area contributed by atoms with Gasteiger partial charge in [-0.1, -0.05) is 12.1 Å². The van der Waals surface area contributed by atoms with Crippen LogP contribution in [0, 0.1) is 0 Å². The molecule has 0 unspecified atom stereocenters. The van der Waals surface area contributed by atoms with Crippen LogP contribution in [-0.2, 0) is 6.61 Å². The van der Waals surface area contributed by atoms with Gasteiger partial charge in [0.05, 0.1) is 6.10 Å². The molecule has 9 nitrogen and oxygen atoms in total. The molecule has 4 rings (SSSR count). The number of anilines is 1. The highest BCUT2D eigenvalue weighted by molar-refractivity contribution is 7.11. The van der Waals surface area contributed by atoms with Gasteiger partial charge in [0.1, 0.15) is 22.9 Å². The molecule has 2 heterocycles. The molecule has 1 saturated carbocycles.